The van der Waals surface area contributed by atoms with E-state index < -0.39 is 20.6 Å². The van der Waals surface area contributed by atoms with Gasteiger partial charge in [0, 0.05) is 37.8 Å². The minimum Gasteiger partial charge on any atom is -0.490 e. The van der Waals surface area contributed by atoms with E-state index in [0.29, 0.717) is 24.8 Å². The molecule has 1 unspecified atom stereocenters. The van der Waals surface area contributed by atoms with Gasteiger partial charge in [-0.3, -0.25) is 15.0 Å². The first-order valence-corrected chi connectivity index (χ1v) is 11.7. The number of hydrogen-bond acceptors (Lipinski definition) is 9. The second-order valence-corrected chi connectivity index (χ2v) is 9.47. The summed E-state index contributed by atoms with van der Waals surface area (Å²) in [5, 5.41) is 15.3. The van der Waals surface area contributed by atoms with Crippen LogP contribution < -0.4 is 4.74 Å². The van der Waals surface area contributed by atoms with Crippen LogP contribution in [0, 0.1) is 10.1 Å². The van der Waals surface area contributed by atoms with Gasteiger partial charge in [-0.05, 0) is 19.1 Å². The predicted octanol–water partition coefficient (Wildman–Crippen LogP) is 2.72. The molecule has 0 amide bonds. The van der Waals surface area contributed by atoms with Gasteiger partial charge in [-0.15, -0.1) is 0 Å². The van der Waals surface area contributed by atoms with Gasteiger partial charge < -0.3 is 9.26 Å². The van der Waals surface area contributed by atoms with Gasteiger partial charge in [0.1, 0.15) is 0 Å². The first-order chi connectivity index (χ1) is 15.8. The molecule has 2 heterocycles. The molecule has 33 heavy (non-hydrogen) atoms. The van der Waals surface area contributed by atoms with E-state index in [1.54, 1.807) is 0 Å². The molecule has 2 aromatic carbocycles. The largest absolute Gasteiger partial charge is 0.490 e. The Labute approximate surface area is 190 Å². The number of benzene rings is 2. The van der Waals surface area contributed by atoms with Crippen LogP contribution in [0.25, 0.3) is 11.4 Å². The third kappa shape index (κ3) is 4.58. The Kier molecular flexibility index (Phi) is 6.40. The highest BCUT2D eigenvalue weighted by Crippen LogP contribution is 2.31. The van der Waals surface area contributed by atoms with Crippen LogP contribution in [0.1, 0.15) is 18.9 Å². The fraction of sp³-hybridized carbons (Fsp3) is 0.333. The molecule has 1 atom stereocenters. The molecular weight excluding hydrogens is 450 g/mol. The highest BCUT2D eigenvalue weighted by atomic mass is 32.2. The first kappa shape index (κ1) is 22.8. The van der Waals surface area contributed by atoms with Crippen LogP contribution in [0.15, 0.2) is 57.9 Å². The smallest absolute Gasteiger partial charge is 0.312 e. The number of rotatable bonds is 7. The topological polar surface area (TPSA) is 132 Å². The van der Waals surface area contributed by atoms with Crippen molar-refractivity contribution in [3.05, 3.63) is 64.5 Å². The standard InChI is InChI=1S/C21H23N5O6S/c1-15(21-22-20(23-32-21)16-6-4-3-5-7-16)24-10-12-25(13-11-24)33(29,30)17-8-9-19(31-2)18(14-17)26(27)28/h3-9,14-15H,10-13H2,1-2H3. The summed E-state index contributed by atoms with van der Waals surface area (Å²) in [7, 11) is -2.60. The average molecular weight is 474 g/mol. The maximum atomic E-state index is 13.1. The zero-order chi connectivity index (χ0) is 23.6. The molecule has 11 nitrogen and oxygen atoms in total. The van der Waals surface area contributed by atoms with Gasteiger partial charge in [-0.1, -0.05) is 35.5 Å². The van der Waals surface area contributed by atoms with Crippen molar-refractivity contribution in [1.82, 2.24) is 19.3 Å². The molecule has 1 aromatic heterocycles. The third-order valence-electron chi connectivity index (χ3n) is 5.64. The average Bonchev–Trinajstić information content (AvgIpc) is 3.34. The van der Waals surface area contributed by atoms with Gasteiger partial charge in [0.05, 0.1) is 23.0 Å². The van der Waals surface area contributed by atoms with Crippen LogP contribution in [0.4, 0.5) is 5.69 Å². The number of piperazine rings is 1. The van der Waals surface area contributed by atoms with Crippen molar-refractivity contribution in [2.24, 2.45) is 0 Å². The molecule has 4 rings (SSSR count). The van der Waals surface area contributed by atoms with E-state index in [1.807, 2.05) is 37.3 Å². The van der Waals surface area contributed by atoms with Gasteiger partial charge >= 0.3 is 5.69 Å². The Morgan fingerprint density at radius 3 is 2.45 bits per heavy atom. The summed E-state index contributed by atoms with van der Waals surface area (Å²) in [5.74, 6) is 0.961. The Morgan fingerprint density at radius 1 is 1.12 bits per heavy atom. The molecule has 1 aliphatic heterocycles. The van der Waals surface area contributed by atoms with E-state index in [-0.39, 0.29) is 29.8 Å². The fourth-order valence-electron chi connectivity index (χ4n) is 3.72. The fourth-order valence-corrected chi connectivity index (χ4v) is 5.16. The lowest BCUT2D eigenvalue weighted by Crippen LogP contribution is -2.49. The highest BCUT2D eigenvalue weighted by molar-refractivity contribution is 7.89. The summed E-state index contributed by atoms with van der Waals surface area (Å²) in [6, 6.07) is 12.9. The summed E-state index contributed by atoms with van der Waals surface area (Å²) in [6.45, 7) is 3.28. The number of ether oxygens (including phenoxy) is 1. The SMILES string of the molecule is COc1ccc(S(=O)(=O)N2CCN(C(C)c3nc(-c4ccccc4)no3)CC2)cc1[N+](=O)[O-]. The Balaban J connectivity index is 1.45. The summed E-state index contributed by atoms with van der Waals surface area (Å²) in [4.78, 5) is 17.0. The predicted molar refractivity (Wildman–Crippen MR) is 118 cm³/mol. The van der Waals surface area contributed by atoms with E-state index in [1.165, 1.54) is 23.5 Å². The summed E-state index contributed by atoms with van der Waals surface area (Å²) < 4.78 is 37.9. The van der Waals surface area contributed by atoms with Crippen molar-refractivity contribution in [2.75, 3.05) is 33.3 Å². The van der Waals surface area contributed by atoms with Crippen LogP contribution >= 0.6 is 0 Å². The molecule has 0 N–H and O–H groups in total. The van der Waals surface area contributed by atoms with Crippen molar-refractivity contribution in [2.45, 2.75) is 17.9 Å². The van der Waals surface area contributed by atoms with Gasteiger partial charge in [-0.25, -0.2) is 8.42 Å². The maximum Gasteiger partial charge on any atom is 0.312 e. The molecule has 0 spiro atoms. The van der Waals surface area contributed by atoms with E-state index in [9.17, 15) is 18.5 Å². The van der Waals surface area contributed by atoms with E-state index in [0.717, 1.165) is 11.6 Å². The lowest BCUT2D eigenvalue weighted by Gasteiger charge is -2.36. The number of aromatic nitrogens is 2. The van der Waals surface area contributed by atoms with Crippen LogP contribution in [0.3, 0.4) is 0 Å². The second-order valence-electron chi connectivity index (χ2n) is 7.53. The molecule has 1 aliphatic rings. The molecule has 3 aromatic rings. The number of nitro benzene ring substituents is 1. The van der Waals surface area contributed by atoms with Gasteiger partial charge in [0.25, 0.3) is 0 Å². The molecule has 0 saturated carbocycles. The van der Waals surface area contributed by atoms with Crippen molar-refractivity contribution in [1.29, 1.82) is 0 Å². The van der Waals surface area contributed by atoms with Crippen LogP contribution in [0.5, 0.6) is 5.75 Å². The summed E-state index contributed by atoms with van der Waals surface area (Å²) >= 11 is 0. The number of nitro groups is 1. The summed E-state index contributed by atoms with van der Waals surface area (Å²) in [6.07, 6.45) is 0. The number of hydrogen-bond donors (Lipinski definition) is 0. The lowest BCUT2D eigenvalue weighted by atomic mass is 10.2. The zero-order valence-corrected chi connectivity index (χ0v) is 18.9. The molecular formula is C21H23N5O6S. The zero-order valence-electron chi connectivity index (χ0n) is 18.1. The molecule has 12 heteroatoms. The maximum absolute atomic E-state index is 13.1. The third-order valence-corrected chi connectivity index (χ3v) is 7.53. The molecule has 0 aliphatic carbocycles. The normalized spacial score (nSPS) is 16.4. The van der Waals surface area contributed by atoms with Crippen LogP contribution in [0.2, 0.25) is 0 Å². The Bertz CT molecular complexity index is 1240. The molecule has 0 bridgehead atoms. The van der Waals surface area contributed by atoms with Crippen molar-refractivity contribution in [3.63, 3.8) is 0 Å². The monoisotopic (exact) mass is 473 g/mol. The summed E-state index contributed by atoms with van der Waals surface area (Å²) in [5.41, 5.74) is 0.459. The minimum atomic E-state index is -3.89. The van der Waals surface area contributed by atoms with Crippen molar-refractivity contribution in [3.8, 4) is 17.1 Å². The molecule has 0 radical (unpaired) electrons. The molecule has 174 valence electrons. The van der Waals surface area contributed by atoms with E-state index >= 15 is 0 Å². The van der Waals surface area contributed by atoms with Gasteiger partial charge in [0.15, 0.2) is 5.75 Å². The second kappa shape index (κ2) is 9.25. The van der Waals surface area contributed by atoms with Crippen LogP contribution in [-0.4, -0.2) is 66.0 Å². The number of nitrogens with zero attached hydrogens (tertiary/aromatic N) is 5. The molecule has 1 fully saturated rings. The lowest BCUT2D eigenvalue weighted by molar-refractivity contribution is -0.386. The quantitative estimate of drug-likeness (QED) is 0.375. The molecule has 1 saturated heterocycles. The van der Waals surface area contributed by atoms with E-state index in [4.69, 9.17) is 9.26 Å². The highest BCUT2D eigenvalue weighted by Gasteiger charge is 2.33. The minimum absolute atomic E-state index is 0.00650. The van der Waals surface area contributed by atoms with Crippen LogP contribution in [-0.2, 0) is 10.0 Å². The van der Waals surface area contributed by atoms with Gasteiger partial charge in [-0.2, -0.15) is 9.29 Å². The number of sulfonamides is 1. The van der Waals surface area contributed by atoms with E-state index in [2.05, 4.69) is 15.0 Å². The Morgan fingerprint density at radius 2 is 1.82 bits per heavy atom. The first-order valence-electron chi connectivity index (χ1n) is 10.3. The van der Waals surface area contributed by atoms with Crippen molar-refractivity contribution < 1.29 is 22.6 Å². The Hall–Kier alpha value is -3.35. The van der Waals surface area contributed by atoms with Crippen molar-refractivity contribution >= 4 is 15.7 Å². The number of methoxy groups -OCH3 is 1. The van der Waals surface area contributed by atoms with Gasteiger partial charge in [0.2, 0.25) is 21.7 Å².